The highest BCUT2D eigenvalue weighted by molar-refractivity contribution is 6.06. The number of fused-ring (bicyclic) bond motifs is 1. The topological polar surface area (TPSA) is 150 Å². The van der Waals surface area contributed by atoms with Gasteiger partial charge < -0.3 is 10.2 Å². The third-order valence-electron chi connectivity index (χ3n) is 6.43. The summed E-state index contributed by atoms with van der Waals surface area (Å²) < 4.78 is 1.40. The Morgan fingerprint density at radius 2 is 1.97 bits per heavy atom. The summed E-state index contributed by atoms with van der Waals surface area (Å²) in [5.41, 5.74) is 4.12. The molecular weight excluding hydrogens is 462 g/mol. The van der Waals surface area contributed by atoms with Crippen LogP contribution in [-0.2, 0) is 27.5 Å². The van der Waals surface area contributed by atoms with Gasteiger partial charge in [0.15, 0.2) is 0 Å². The highest BCUT2D eigenvalue weighted by atomic mass is 16.2. The number of hydrogen-bond donors (Lipinski definition) is 2. The van der Waals surface area contributed by atoms with E-state index in [4.69, 9.17) is 0 Å². The van der Waals surface area contributed by atoms with Crippen molar-refractivity contribution in [3.63, 3.8) is 0 Å². The molecule has 1 fully saturated rings. The lowest BCUT2D eigenvalue weighted by Gasteiger charge is -2.29. The summed E-state index contributed by atoms with van der Waals surface area (Å²) in [7, 11) is 0. The molecule has 180 valence electrons. The van der Waals surface area contributed by atoms with Crippen LogP contribution >= 0.6 is 0 Å². The highest BCUT2D eigenvalue weighted by Gasteiger charge is 2.39. The van der Waals surface area contributed by atoms with Crippen molar-refractivity contribution in [2.75, 3.05) is 5.32 Å². The van der Waals surface area contributed by atoms with Gasteiger partial charge in [-0.3, -0.25) is 24.5 Å². The minimum absolute atomic E-state index is 0.113. The number of aromatic nitrogens is 3. The number of rotatable bonds is 5. The maximum Gasteiger partial charge on any atom is 0.255 e. The Morgan fingerprint density at radius 3 is 2.75 bits per heavy atom. The van der Waals surface area contributed by atoms with Gasteiger partial charge in [-0.1, -0.05) is 23.4 Å². The van der Waals surface area contributed by atoms with Gasteiger partial charge in [-0.25, -0.2) is 4.68 Å². The van der Waals surface area contributed by atoms with E-state index < -0.39 is 11.9 Å². The summed E-state index contributed by atoms with van der Waals surface area (Å²) in [5.74, 6) is -1.52. The van der Waals surface area contributed by atoms with Crippen LogP contribution in [0.25, 0.3) is 11.3 Å². The average Bonchev–Trinajstić information content (AvgIpc) is 3.44. The number of carbonyl (C=O) groups excluding carboxylic acids is 4. The Balaban J connectivity index is 1.30. The minimum atomic E-state index is -0.734. The predicted octanol–water partition coefficient (Wildman–Crippen LogP) is 1.52. The fourth-order valence-electron chi connectivity index (χ4n) is 4.57. The predicted molar refractivity (Wildman–Crippen MR) is 126 cm³/mol. The van der Waals surface area contributed by atoms with Crippen molar-refractivity contribution in [2.45, 2.75) is 38.9 Å². The molecule has 0 radical (unpaired) electrons. The minimum Gasteiger partial charge on any atom is -0.324 e. The van der Waals surface area contributed by atoms with Crippen LogP contribution in [0, 0.1) is 18.3 Å². The zero-order valence-corrected chi connectivity index (χ0v) is 19.3. The van der Waals surface area contributed by atoms with Gasteiger partial charge in [-0.15, -0.1) is 5.10 Å². The quantitative estimate of drug-likeness (QED) is 0.522. The molecule has 1 aromatic heterocycles. The summed E-state index contributed by atoms with van der Waals surface area (Å²) in [6, 6.07) is 11.7. The lowest BCUT2D eigenvalue weighted by atomic mass is 10.0. The maximum absolute atomic E-state index is 13.0. The summed E-state index contributed by atoms with van der Waals surface area (Å²) >= 11 is 0. The molecule has 2 aliphatic heterocycles. The first-order valence-corrected chi connectivity index (χ1v) is 11.3. The molecule has 1 saturated heterocycles. The van der Waals surface area contributed by atoms with E-state index in [1.807, 2.05) is 13.0 Å². The lowest BCUT2D eigenvalue weighted by molar-refractivity contribution is -0.137. The number of nitriles is 1. The Labute approximate surface area is 205 Å². The first-order valence-electron chi connectivity index (χ1n) is 11.3. The van der Waals surface area contributed by atoms with E-state index in [2.05, 4.69) is 27.0 Å². The number of amides is 4. The maximum atomic E-state index is 13.0. The number of hydrogen-bond acceptors (Lipinski definition) is 7. The number of carbonyl (C=O) groups is 4. The van der Waals surface area contributed by atoms with Crippen LogP contribution in [0.3, 0.4) is 0 Å². The number of piperidine rings is 1. The molecule has 2 aliphatic rings. The molecule has 36 heavy (non-hydrogen) atoms. The van der Waals surface area contributed by atoms with Gasteiger partial charge in [-0.2, -0.15) is 5.26 Å². The fourth-order valence-corrected chi connectivity index (χ4v) is 4.57. The number of imide groups is 1. The second-order valence-electron chi connectivity index (χ2n) is 8.67. The number of nitrogens with zero attached hydrogens (tertiary/aromatic N) is 5. The Bertz CT molecular complexity index is 1470. The van der Waals surface area contributed by atoms with Crippen LogP contribution in [0.1, 0.15) is 39.9 Å². The summed E-state index contributed by atoms with van der Waals surface area (Å²) in [4.78, 5) is 51.0. The molecule has 4 amide bonds. The highest BCUT2D eigenvalue weighted by Crippen LogP contribution is 2.32. The van der Waals surface area contributed by atoms with Crippen molar-refractivity contribution in [3.8, 4) is 17.3 Å². The van der Waals surface area contributed by atoms with Crippen LogP contribution in [0.5, 0.6) is 0 Å². The SMILES string of the molecule is Cc1c(C#N)cccc1-c1cn(CC(=O)Nc2cccc3c2CN(C2CCC(=O)NC2=O)C3=O)nn1. The van der Waals surface area contributed by atoms with Gasteiger partial charge in [0.1, 0.15) is 18.3 Å². The second-order valence-corrected chi connectivity index (χ2v) is 8.67. The number of anilines is 1. The molecule has 0 saturated carbocycles. The van der Waals surface area contributed by atoms with E-state index >= 15 is 0 Å². The molecule has 1 unspecified atom stereocenters. The molecule has 0 bridgehead atoms. The molecule has 0 spiro atoms. The lowest BCUT2D eigenvalue weighted by Crippen LogP contribution is -2.52. The fraction of sp³-hybridized carbons (Fsp3) is 0.240. The molecule has 2 N–H and O–H groups in total. The molecule has 0 aliphatic carbocycles. The Morgan fingerprint density at radius 1 is 1.19 bits per heavy atom. The molecular formula is C25H21N7O4. The van der Waals surface area contributed by atoms with E-state index in [1.54, 1.807) is 36.5 Å². The Kier molecular flexibility index (Phi) is 5.77. The van der Waals surface area contributed by atoms with Crippen LogP contribution in [-0.4, -0.2) is 49.6 Å². The smallest absolute Gasteiger partial charge is 0.255 e. The number of benzene rings is 2. The van der Waals surface area contributed by atoms with E-state index in [0.717, 1.165) is 11.1 Å². The van der Waals surface area contributed by atoms with Gasteiger partial charge in [0.25, 0.3) is 5.91 Å². The van der Waals surface area contributed by atoms with Crippen molar-refractivity contribution in [1.82, 2.24) is 25.2 Å². The standard InChI is InChI=1S/C25H21N7O4/c1-14-15(10-26)4-2-5-16(14)20-12-31(30-29-20)13-23(34)27-19-7-3-6-17-18(19)11-32(25(17)36)21-8-9-22(33)28-24(21)35/h2-7,12,21H,8-9,11,13H2,1H3,(H,27,34)(H,28,33,35). The van der Waals surface area contributed by atoms with E-state index in [0.29, 0.717) is 28.1 Å². The van der Waals surface area contributed by atoms with Crippen LogP contribution in [0.2, 0.25) is 0 Å². The van der Waals surface area contributed by atoms with Crippen molar-refractivity contribution in [3.05, 3.63) is 64.8 Å². The second kappa shape index (κ2) is 9.07. The molecule has 3 aromatic rings. The van der Waals surface area contributed by atoms with Gasteiger partial charge in [0.05, 0.1) is 17.8 Å². The van der Waals surface area contributed by atoms with Crippen LogP contribution in [0.15, 0.2) is 42.6 Å². The zero-order chi connectivity index (χ0) is 25.4. The Hall–Kier alpha value is -4.85. The molecule has 2 aromatic carbocycles. The number of nitrogens with one attached hydrogen (secondary N) is 2. The molecule has 3 heterocycles. The van der Waals surface area contributed by atoms with E-state index in [1.165, 1.54) is 9.58 Å². The van der Waals surface area contributed by atoms with Gasteiger partial charge in [0.2, 0.25) is 17.7 Å². The molecule has 1 atom stereocenters. The largest absolute Gasteiger partial charge is 0.324 e. The van der Waals surface area contributed by atoms with Gasteiger partial charge >= 0.3 is 0 Å². The van der Waals surface area contributed by atoms with Crippen molar-refractivity contribution < 1.29 is 19.2 Å². The van der Waals surface area contributed by atoms with Crippen molar-refractivity contribution >= 4 is 29.3 Å². The third kappa shape index (κ3) is 4.09. The molecule has 5 rings (SSSR count). The summed E-state index contributed by atoms with van der Waals surface area (Å²) in [5, 5.41) is 22.5. The zero-order valence-electron chi connectivity index (χ0n) is 19.3. The van der Waals surface area contributed by atoms with Crippen molar-refractivity contribution in [2.24, 2.45) is 0 Å². The first-order chi connectivity index (χ1) is 17.4. The van der Waals surface area contributed by atoms with Crippen LogP contribution < -0.4 is 10.6 Å². The van der Waals surface area contributed by atoms with Crippen LogP contribution in [0.4, 0.5) is 5.69 Å². The summed E-state index contributed by atoms with van der Waals surface area (Å²) in [6.45, 7) is 1.87. The molecule has 11 nitrogen and oxygen atoms in total. The monoisotopic (exact) mass is 483 g/mol. The average molecular weight is 483 g/mol. The normalized spacial score (nSPS) is 16.9. The van der Waals surface area contributed by atoms with E-state index in [-0.39, 0.29) is 43.7 Å². The van der Waals surface area contributed by atoms with E-state index in [9.17, 15) is 24.4 Å². The summed E-state index contributed by atoms with van der Waals surface area (Å²) in [6.07, 6.45) is 2.06. The van der Waals surface area contributed by atoms with Gasteiger partial charge in [-0.05, 0) is 37.1 Å². The first kappa shape index (κ1) is 22.9. The third-order valence-corrected chi connectivity index (χ3v) is 6.43. The van der Waals surface area contributed by atoms with Gasteiger partial charge in [0, 0.05) is 35.3 Å². The van der Waals surface area contributed by atoms with Crippen molar-refractivity contribution in [1.29, 1.82) is 5.26 Å². The molecule has 11 heteroatoms.